The monoisotopic (exact) mass is 1090 g/mol. The number of benzene rings is 11. The Labute approximate surface area is 491 Å². The van der Waals surface area contributed by atoms with Crippen LogP contribution in [0.4, 0.5) is 34.1 Å². The Morgan fingerprint density at radius 2 is 0.671 bits per heavy atom. The van der Waals surface area contributed by atoms with Crippen molar-refractivity contribution in [2.75, 3.05) is 9.80 Å². The molecule has 0 unspecified atom stereocenters. The number of anilines is 6. The summed E-state index contributed by atoms with van der Waals surface area (Å²) in [5, 5.41) is 0. The number of fused-ring (bicyclic) bond motifs is 8. The molecule has 8 heteroatoms. The molecular formula is C74H58B2N2O2S2. The van der Waals surface area contributed by atoms with Crippen molar-refractivity contribution in [1.82, 2.24) is 0 Å². The van der Waals surface area contributed by atoms with Crippen LogP contribution in [0.3, 0.4) is 0 Å². The summed E-state index contributed by atoms with van der Waals surface area (Å²) >= 11 is 3.74. The molecule has 0 aromatic heterocycles. The Morgan fingerprint density at radius 3 is 1.07 bits per heavy atom. The smallest absolute Gasteiger partial charge is 0.253 e. The first-order valence-electron chi connectivity index (χ1n) is 28.4. The first-order valence-corrected chi connectivity index (χ1v) is 30.1. The molecule has 0 amide bonds. The average molecular weight is 1090 g/mol. The van der Waals surface area contributed by atoms with Gasteiger partial charge in [0.1, 0.15) is 23.0 Å². The molecule has 0 aliphatic carbocycles. The van der Waals surface area contributed by atoms with E-state index in [0.29, 0.717) is 0 Å². The summed E-state index contributed by atoms with van der Waals surface area (Å²) in [4.78, 5) is 9.70. The van der Waals surface area contributed by atoms with Gasteiger partial charge in [0.25, 0.3) is 13.4 Å². The number of rotatable bonds is 8. The van der Waals surface area contributed by atoms with Crippen molar-refractivity contribution in [3.05, 3.63) is 254 Å². The average Bonchev–Trinajstić information content (AvgIpc) is 1.52. The maximum Gasteiger partial charge on any atom is 0.253 e. The third kappa shape index (κ3) is 8.74. The van der Waals surface area contributed by atoms with Crippen molar-refractivity contribution in [3.63, 3.8) is 0 Å². The highest BCUT2D eigenvalue weighted by Crippen LogP contribution is 2.48. The van der Waals surface area contributed by atoms with Gasteiger partial charge in [0.2, 0.25) is 0 Å². The molecule has 11 aromatic carbocycles. The molecule has 394 valence electrons. The molecule has 0 saturated carbocycles. The van der Waals surface area contributed by atoms with Crippen LogP contribution in [0.25, 0.3) is 22.3 Å². The molecule has 0 bridgehead atoms. The number of ether oxygens (including phenoxy) is 2. The van der Waals surface area contributed by atoms with Crippen LogP contribution in [0.1, 0.15) is 52.7 Å². The highest BCUT2D eigenvalue weighted by atomic mass is 32.2. The van der Waals surface area contributed by atoms with Crippen molar-refractivity contribution in [1.29, 1.82) is 0 Å². The molecule has 4 aliphatic rings. The van der Waals surface area contributed by atoms with Gasteiger partial charge in [-0.05, 0) is 139 Å². The van der Waals surface area contributed by atoms with Gasteiger partial charge in [-0.3, -0.25) is 0 Å². The van der Waals surface area contributed by atoms with Crippen LogP contribution in [0.5, 0.6) is 23.0 Å². The number of para-hydroxylation sites is 2. The van der Waals surface area contributed by atoms with Gasteiger partial charge in [-0.1, -0.05) is 228 Å². The lowest BCUT2D eigenvalue weighted by atomic mass is 9.32. The summed E-state index contributed by atoms with van der Waals surface area (Å²) in [5.41, 5.74) is 20.9. The van der Waals surface area contributed by atoms with E-state index in [1.807, 2.05) is 23.5 Å². The minimum Gasteiger partial charge on any atom is -0.458 e. The zero-order valence-corrected chi connectivity index (χ0v) is 48.4. The third-order valence-electron chi connectivity index (χ3n) is 16.7. The van der Waals surface area contributed by atoms with Gasteiger partial charge in [-0.15, -0.1) is 0 Å². The second-order valence-electron chi connectivity index (χ2n) is 24.1. The topological polar surface area (TPSA) is 24.9 Å². The molecular weight excluding hydrogens is 1030 g/mol. The molecule has 0 radical (unpaired) electrons. The minimum absolute atomic E-state index is 0.0325. The summed E-state index contributed by atoms with van der Waals surface area (Å²) in [6.07, 6.45) is 0. The molecule has 4 nitrogen and oxygen atoms in total. The van der Waals surface area contributed by atoms with Crippen LogP contribution in [-0.2, 0) is 10.8 Å². The number of hydrogen-bond acceptors (Lipinski definition) is 6. The van der Waals surface area contributed by atoms with Crippen LogP contribution >= 0.6 is 23.5 Å². The van der Waals surface area contributed by atoms with E-state index in [1.54, 1.807) is 0 Å². The summed E-state index contributed by atoms with van der Waals surface area (Å²) in [7, 11) is 0. The van der Waals surface area contributed by atoms with Gasteiger partial charge in [-0.2, -0.15) is 0 Å². The zero-order chi connectivity index (χ0) is 55.4. The first-order chi connectivity index (χ1) is 39.9. The van der Waals surface area contributed by atoms with Gasteiger partial charge in [0.15, 0.2) is 0 Å². The molecule has 0 atom stereocenters. The second kappa shape index (κ2) is 19.6. The van der Waals surface area contributed by atoms with Crippen molar-refractivity contribution in [2.24, 2.45) is 0 Å². The Hall–Kier alpha value is -8.55. The molecule has 15 rings (SSSR count). The maximum atomic E-state index is 7.45. The fourth-order valence-corrected chi connectivity index (χ4v) is 15.1. The normalized spacial score (nSPS) is 13.3. The molecule has 11 aromatic rings. The number of hydrogen-bond donors (Lipinski definition) is 0. The Kier molecular flexibility index (Phi) is 12.0. The van der Waals surface area contributed by atoms with Crippen LogP contribution < -0.4 is 52.1 Å². The van der Waals surface area contributed by atoms with Crippen molar-refractivity contribution < 1.29 is 9.47 Å². The third-order valence-corrected chi connectivity index (χ3v) is 19.0. The molecule has 0 saturated heterocycles. The lowest BCUT2D eigenvalue weighted by Gasteiger charge is -2.38. The predicted octanol–water partition coefficient (Wildman–Crippen LogP) is 16.7. The summed E-state index contributed by atoms with van der Waals surface area (Å²) in [6.45, 7) is 13.7. The maximum absolute atomic E-state index is 7.45. The predicted molar refractivity (Wildman–Crippen MR) is 348 cm³/mol. The summed E-state index contributed by atoms with van der Waals surface area (Å²) < 4.78 is 14.9. The molecule has 0 fully saturated rings. The summed E-state index contributed by atoms with van der Waals surface area (Å²) in [6, 6.07) is 88.9. The fraction of sp³-hybridized carbons (Fsp3) is 0.108. The van der Waals surface area contributed by atoms with Crippen molar-refractivity contribution in [2.45, 2.75) is 72.0 Å². The quantitative estimate of drug-likeness (QED) is 0.141. The molecule has 82 heavy (non-hydrogen) atoms. The summed E-state index contributed by atoms with van der Waals surface area (Å²) in [5.74, 6) is 3.33. The van der Waals surface area contributed by atoms with E-state index in [4.69, 9.17) is 9.47 Å². The highest BCUT2D eigenvalue weighted by molar-refractivity contribution is 8.00. The van der Waals surface area contributed by atoms with E-state index in [9.17, 15) is 0 Å². The fourth-order valence-electron chi connectivity index (χ4n) is 12.6. The van der Waals surface area contributed by atoms with E-state index in [2.05, 4.69) is 294 Å². The van der Waals surface area contributed by atoms with Crippen molar-refractivity contribution in [3.8, 4) is 45.3 Å². The van der Waals surface area contributed by atoms with Crippen LogP contribution in [-0.4, -0.2) is 13.4 Å². The molecule has 4 aliphatic heterocycles. The Morgan fingerprint density at radius 1 is 0.293 bits per heavy atom. The zero-order valence-electron chi connectivity index (χ0n) is 46.8. The Bertz CT molecular complexity index is 4060. The van der Waals surface area contributed by atoms with E-state index in [0.717, 1.165) is 79.2 Å². The highest BCUT2D eigenvalue weighted by Gasteiger charge is 2.45. The van der Waals surface area contributed by atoms with Gasteiger partial charge in [0.05, 0.1) is 11.4 Å². The second-order valence-corrected chi connectivity index (χ2v) is 26.3. The van der Waals surface area contributed by atoms with Gasteiger partial charge in [0, 0.05) is 60.5 Å². The Balaban J connectivity index is 0.920. The van der Waals surface area contributed by atoms with E-state index < -0.39 is 0 Å². The van der Waals surface area contributed by atoms with E-state index in [1.165, 1.54) is 63.7 Å². The molecule has 0 N–H and O–H groups in total. The lowest BCUT2D eigenvalue weighted by molar-refractivity contribution is 0.464. The van der Waals surface area contributed by atoms with Gasteiger partial charge >= 0.3 is 0 Å². The SMILES string of the molecule is CC(C)(C)c1ccc2c(c1)Sc1cc(N(c3ccccc3)c3cccc(-c4ccccc4)c3)cc3c1B2c1cc2c(cc1O3)Oc1cc(N(c3ccccc3)c3cccc(-c4ccccc4)c3)cc3c1B2c1ccc(C(C)(C)C)cc1S3. The van der Waals surface area contributed by atoms with E-state index >= 15 is 0 Å². The molecule has 4 heterocycles. The standard InChI is InChI=1S/C74H58B2N2O2S2/c1-73(2,3)51-33-35-59-67(39-51)81-69-43-57(77(53-27-15-9-16-28-53)55-31-19-25-49(37-55)47-21-11-7-12-22-47)41-65-71(69)75(59)61-45-62-64(46-63(61)79-65)80-66-42-58(44-70-72(66)76(62)60-36-34-52(74(4,5)6)40-68(60)82-70)78(54-29-17-10-18-30-54)56-32-20-26-50(38-56)48-23-13-8-14-24-48/h7-46H,1-6H3. The lowest BCUT2D eigenvalue weighted by Crippen LogP contribution is -2.62. The van der Waals surface area contributed by atoms with Crippen LogP contribution in [0.15, 0.2) is 262 Å². The largest absolute Gasteiger partial charge is 0.458 e. The van der Waals surface area contributed by atoms with Gasteiger partial charge < -0.3 is 19.3 Å². The first kappa shape index (κ1) is 50.4. The van der Waals surface area contributed by atoms with Crippen LogP contribution in [0, 0.1) is 0 Å². The van der Waals surface area contributed by atoms with Crippen molar-refractivity contribution >= 4 is 104 Å². The molecule has 0 spiro atoms. The van der Waals surface area contributed by atoms with Gasteiger partial charge in [-0.25, -0.2) is 0 Å². The number of nitrogens with zero attached hydrogens (tertiary/aromatic N) is 2. The minimum atomic E-state index is -0.0834. The van der Waals surface area contributed by atoms with Crippen LogP contribution in [0.2, 0.25) is 0 Å². The van der Waals surface area contributed by atoms with E-state index in [-0.39, 0.29) is 24.3 Å².